The summed E-state index contributed by atoms with van der Waals surface area (Å²) >= 11 is 0. The molecule has 0 bridgehead atoms. The summed E-state index contributed by atoms with van der Waals surface area (Å²) in [5.74, 6) is 0. The minimum atomic E-state index is 0.826. The molecule has 15 heavy (non-hydrogen) atoms. The molecule has 0 atom stereocenters. The molecule has 0 N–H and O–H groups in total. The Morgan fingerprint density at radius 3 is 2.73 bits per heavy atom. The average molecular weight is 205 g/mol. The van der Waals surface area contributed by atoms with Crippen LogP contribution >= 0.6 is 0 Å². The first-order valence-corrected chi connectivity index (χ1v) is 5.52. The summed E-state index contributed by atoms with van der Waals surface area (Å²) in [5.41, 5.74) is 0. The van der Waals surface area contributed by atoms with Crippen molar-refractivity contribution in [1.29, 1.82) is 0 Å². The molecule has 0 aromatic carbocycles. The van der Waals surface area contributed by atoms with Crippen molar-refractivity contribution in [2.45, 2.75) is 38.6 Å². The van der Waals surface area contributed by atoms with Crippen molar-refractivity contribution in [3.05, 3.63) is 37.5 Å². The standard InChI is InChI=1S/C12H19N3/c1-2-3-4-5-6-7-8-9-10-15-12-13-11-14-15/h2,8-9,11-12H,1,3-7,10H2. The molecule has 0 saturated carbocycles. The van der Waals surface area contributed by atoms with Crippen LogP contribution in [0, 0.1) is 0 Å². The van der Waals surface area contributed by atoms with E-state index in [4.69, 9.17) is 0 Å². The molecule has 82 valence electrons. The molecule has 0 aliphatic rings. The first-order valence-electron chi connectivity index (χ1n) is 5.52. The number of hydrogen-bond acceptors (Lipinski definition) is 2. The number of unbranched alkanes of at least 4 members (excludes halogenated alkanes) is 4. The lowest BCUT2D eigenvalue weighted by Crippen LogP contribution is -1.94. The molecule has 3 heteroatoms. The van der Waals surface area contributed by atoms with Crippen molar-refractivity contribution in [2.75, 3.05) is 0 Å². The van der Waals surface area contributed by atoms with E-state index in [1.165, 1.54) is 19.3 Å². The molecule has 1 aromatic rings. The number of hydrogen-bond donors (Lipinski definition) is 0. The predicted molar refractivity (Wildman–Crippen MR) is 62.4 cm³/mol. The largest absolute Gasteiger partial charge is 0.249 e. The van der Waals surface area contributed by atoms with Gasteiger partial charge in [-0.1, -0.05) is 24.6 Å². The first kappa shape index (κ1) is 11.7. The second-order valence-corrected chi connectivity index (χ2v) is 3.52. The highest BCUT2D eigenvalue weighted by Crippen LogP contribution is 2.03. The van der Waals surface area contributed by atoms with Gasteiger partial charge in [0.1, 0.15) is 12.7 Å². The van der Waals surface area contributed by atoms with Crippen LogP contribution in [0.4, 0.5) is 0 Å². The summed E-state index contributed by atoms with van der Waals surface area (Å²) in [6.07, 6.45) is 15.8. The molecule has 0 saturated heterocycles. The van der Waals surface area contributed by atoms with E-state index in [9.17, 15) is 0 Å². The lowest BCUT2D eigenvalue weighted by atomic mass is 10.1. The Morgan fingerprint density at radius 2 is 2.00 bits per heavy atom. The molecule has 0 radical (unpaired) electrons. The predicted octanol–water partition coefficient (Wildman–Crippen LogP) is 2.97. The quantitative estimate of drug-likeness (QED) is 0.482. The van der Waals surface area contributed by atoms with E-state index in [0.29, 0.717) is 0 Å². The number of aromatic nitrogens is 3. The highest BCUT2D eigenvalue weighted by Gasteiger charge is 1.86. The Balaban J connectivity index is 1.95. The normalized spacial score (nSPS) is 10.9. The van der Waals surface area contributed by atoms with Gasteiger partial charge in [0.05, 0.1) is 6.54 Å². The minimum absolute atomic E-state index is 0.826. The fourth-order valence-electron chi connectivity index (χ4n) is 1.36. The smallest absolute Gasteiger partial charge is 0.137 e. The van der Waals surface area contributed by atoms with Gasteiger partial charge >= 0.3 is 0 Å². The maximum atomic E-state index is 4.02. The maximum absolute atomic E-state index is 4.02. The van der Waals surface area contributed by atoms with Crippen molar-refractivity contribution < 1.29 is 0 Å². The minimum Gasteiger partial charge on any atom is -0.249 e. The van der Waals surface area contributed by atoms with E-state index in [2.05, 4.69) is 28.8 Å². The van der Waals surface area contributed by atoms with Gasteiger partial charge in [0.2, 0.25) is 0 Å². The Kier molecular flexibility index (Phi) is 6.21. The van der Waals surface area contributed by atoms with Crippen LogP contribution in [0.15, 0.2) is 37.5 Å². The van der Waals surface area contributed by atoms with Crippen molar-refractivity contribution in [3.8, 4) is 0 Å². The maximum Gasteiger partial charge on any atom is 0.137 e. The second-order valence-electron chi connectivity index (χ2n) is 3.52. The second kappa shape index (κ2) is 7.97. The van der Waals surface area contributed by atoms with Gasteiger partial charge < -0.3 is 0 Å². The van der Waals surface area contributed by atoms with Crippen LogP contribution in [0.1, 0.15) is 32.1 Å². The molecule has 3 nitrogen and oxygen atoms in total. The molecule has 1 heterocycles. The fraction of sp³-hybridized carbons (Fsp3) is 0.500. The lowest BCUT2D eigenvalue weighted by Gasteiger charge is -1.95. The van der Waals surface area contributed by atoms with Crippen LogP contribution in [0.2, 0.25) is 0 Å². The first-order chi connectivity index (χ1) is 7.43. The lowest BCUT2D eigenvalue weighted by molar-refractivity contribution is 0.682. The summed E-state index contributed by atoms with van der Waals surface area (Å²) < 4.78 is 1.81. The van der Waals surface area contributed by atoms with Crippen LogP contribution in [0.3, 0.4) is 0 Å². The molecule has 0 aliphatic carbocycles. The topological polar surface area (TPSA) is 30.7 Å². The zero-order chi connectivity index (χ0) is 10.8. The van der Waals surface area contributed by atoms with E-state index < -0.39 is 0 Å². The van der Waals surface area contributed by atoms with Gasteiger partial charge in [0.25, 0.3) is 0 Å². The summed E-state index contributed by atoms with van der Waals surface area (Å²) in [7, 11) is 0. The molecule has 0 aliphatic heterocycles. The third kappa shape index (κ3) is 5.83. The van der Waals surface area contributed by atoms with Gasteiger partial charge in [-0.3, -0.25) is 0 Å². The van der Waals surface area contributed by atoms with Crippen molar-refractivity contribution >= 4 is 0 Å². The zero-order valence-electron chi connectivity index (χ0n) is 9.18. The summed E-state index contributed by atoms with van der Waals surface area (Å²) in [5, 5.41) is 4.02. The number of rotatable bonds is 8. The SMILES string of the molecule is C=CCCCCCC=CCn1cncn1. The fourth-order valence-corrected chi connectivity index (χ4v) is 1.36. The van der Waals surface area contributed by atoms with Gasteiger partial charge in [-0.25, -0.2) is 9.67 Å². The summed E-state index contributed by atoms with van der Waals surface area (Å²) in [6, 6.07) is 0. The van der Waals surface area contributed by atoms with Gasteiger partial charge in [-0.2, -0.15) is 5.10 Å². The van der Waals surface area contributed by atoms with Crippen LogP contribution in [0.5, 0.6) is 0 Å². The van der Waals surface area contributed by atoms with Gasteiger partial charge in [-0.15, -0.1) is 6.58 Å². The van der Waals surface area contributed by atoms with Crippen LogP contribution in [0.25, 0.3) is 0 Å². The molecule has 1 rings (SSSR count). The molecule has 0 unspecified atom stereocenters. The molecule has 1 aromatic heterocycles. The van der Waals surface area contributed by atoms with Crippen molar-refractivity contribution in [2.24, 2.45) is 0 Å². The van der Waals surface area contributed by atoms with E-state index in [-0.39, 0.29) is 0 Å². The van der Waals surface area contributed by atoms with Crippen molar-refractivity contribution in [1.82, 2.24) is 14.8 Å². The molecular weight excluding hydrogens is 186 g/mol. The van der Waals surface area contributed by atoms with E-state index in [1.807, 2.05) is 10.8 Å². The Labute approximate surface area is 91.5 Å². The zero-order valence-corrected chi connectivity index (χ0v) is 9.18. The molecule has 0 fully saturated rings. The summed E-state index contributed by atoms with van der Waals surface area (Å²) in [6.45, 7) is 4.53. The third-order valence-electron chi connectivity index (χ3n) is 2.20. The van der Waals surface area contributed by atoms with E-state index >= 15 is 0 Å². The Bertz CT molecular complexity index is 275. The van der Waals surface area contributed by atoms with Gasteiger partial charge in [0, 0.05) is 0 Å². The number of allylic oxidation sites excluding steroid dienone is 3. The van der Waals surface area contributed by atoms with Crippen LogP contribution in [-0.2, 0) is 6.54 Å². The van der Waals surface area contributed by atoms with Crippen LogP contribution in [-0.4, -0.2) is 14.8 Å². The van der Waals surface area contributed by atoms with Gasteiger partial charge in [-0.05, 0) is 25.7 Å². The Hall–Kier alpha value is -1.38. The highest BCUT2D eigenvalue weighted by molar-refractivity contribution is 4.81. The van der Waals surface area contributed by atoms with E-state index in [1.54, 1.807) is 12.7 Å². The molecule has 0 spiro atoms. The molecule has 0 amide bonds. The monoisotopic (exact) mass is 205 g/mol. The highest BCUT2D eigenvalue weighted by atomic mass is 15.3. The Morgan fingerprint density at radius 1 is 1.13 bits per heavy atom. The van der Waals surface area contributed by atoms with E-state index in [0.717, 1.165) is 19.4 Å². The molecular formula is C12H19N3. The van der Waals surface area contributed by atoms with Gasteiger partial charge in [0.15, 0.2) is 0 Å². The van der Waals surface area contributed by atoms with Crippen molar-refractivity contribution in [3.63, 3.8) is 0 Å². The number of nitrogens with zero attached hydrogens (tertiary/aromatic N) is 3. The average Bonchev–Trinajstić information content (AvgIpc) is 2.75. The van der Waals surface area contributed by atoms with Crippen LogP contribution < -0.4 is 0 Å². The summed E-state index contributed by atoms with van der Waals surface area (Å²) in [4.78, 5) is 3.88. The third-order valence-corrected chi connectivity index (χ3v) is 2.20.